The molecule has 0 saturated carbocycles. The van der Waals surface area contributed by atoms with Crippen LogP contribution < -0.4 is 0 Å². The van der Waals surface area contributed by atoms with Crippen molar-refractivity contribution in [3.8, 4) is 0 Å². The number of aliphatic hydroxyl groups excluding tert-OH is 1. The molecule has 84 valence electrons. The second kappa shape index (κ2) is 5.45. The number of methoxy groups -OCH3 is 1. The van der Waals surface area contributed by atoms with Gasteiger partial charge in [-0.25, -0.2) is 4.39 Å². The Labute approximate surface area is 93.6 Å². The molecule has 0 bridgehead atoms. The van der Waals surface area contributed by atoms with Gasteiger partial charge in [-0.2, -0.15) is 0 Å². The van der Waals surface area contributed by atoms with E-state index in [0.29, 0.717) is 11.4 Å². The summed E-state index contributed by atoms with van der Waals surface area (Å²) in [5, 5.41) is 10.2. The van der Waals surface area contributed by atoms with Crippen LogP contribution in [0.2, 0.25) is 5.02 Å². The fourth-order valence-corrected chi connectivity index (χ4v) is 1.62. The first kappa shape index (κ1) is 12.4. The Bertz CT molecular complexity index is 326. The fraction of sp³-hybridized carbons (Fsp3) is 0.455. The third-order valence-corrected chi connectivity index (χ3v) is 2.57. The minimum Gasteiger partial charge on any atom is -0.386 e. The summed E-state index contributed by atoms with van der Waals surface area (Å²) >= 11 is 5.62. The standard InChI is InChI=1S/C11H14ClFO2/c1-3-10(15-2)11(14)8-5-4-7(12)6-9(8)13/h4-6,10-11,14H,3H2,1-2H3. The van der Waals surface area contributed by atoms with Crippen LogP contribution in [0, 0.1) is 5.82 Å². The minimum absolute atomic E-state index is 0.216. The molecule has 2 unspecified atom stereocenters. The van der Waals surface area contributed by atoms with Crippen LogP contribution in [0.4, 0.5) is 4.39 Å². The van der Waals surface area contributed by atoms with E-state index in [0.717, 1.165) is 0 Å². The molecule has 1 aromatic rings. The average molecular weight is 233 g/mol. The zero-order chi connectivity index (χ0) is 11.4. The molecule has 0 amide bonds. The van der Waals surface area contributed by atoms with Crippen LogP contribution in [-0.4, -0.2) is 18.3 Å². The summed E-state index contributed by atoms with van der Waals surface area (Å²) in [5.41, 5.74) is 0.216. The second-order valence-electron chi connectivity index (χ2n) is 3.29. The summed E-state index contributed by atoms with van der Waals surface area (Å²) in [6.45, 7) is 1.87. The van der Waals surface area contributed by atoms with Gasteiger partial charge in [-0.1, -0.05) is 24.6 Å². The molecule has 0 radical (unpaired) electrons. The average Bonchev–Trinajstić information content (AvgIpc) is 2.19. The summed E-state index contributed by atoms with van der Waals surface area (Å²) in [6, 6.07) is 4.21. The lowest BCUT2D eigenvalue weighted by Crippen LogP contribution is -2.20. The molecular weight excluding hydrogens is 219 g/mol. The molecule has 0 aliphatic heterocycles. The zero-order valence-electron chi connectivity index (χ0n) is 8.71. The molecule has 0 aliphatic rings. The van der Waals surface area contributed by atoms with E-state index in [9.17, 15) is 9.50 Å². The van der Waals surface area contributed by atoms with Crippen molar-refractivity contribution in [1.82, 2.24) is 0 Å². The van der Waals surface area contributed by atoms with Gasteiger partial charge in [0.2, 0.25) is 0 Å². The van der Waals surface area contributed by atoms with Gasteiger partial charge in [0.05, 0.1) is 6.10 Å². The number of halogens is 2. The largest absolute Gasteiger partial charge is 0.386 e. The fourth-order valence-electron chi connectivity index (χ4n) is 1.46. The minimum atomic E-state index is -0.961. The Morgan fingerprint density at radius 1 is 1.53 bits per heavy atom. The van der Waals surface area contributed by atoms with E-state index < -0.39 is 18.0 Å². The van der Waals surface area contributed by atoms with E-state index in [1.165, 1.54) is 19.2 Å². The van der Waals surface area contributed by atoms with Crippen LogP contribution in [0.25, 0.3) is 0 Å². The van der Waals surface area contributed by atoms with E-state index >= 15 is 0 Å². The van der Waals surface area contributed by atoms with Crippen LogP contribution in [0.15, 0.2) is 18.2 Å². The summed E-state index contributed by atoms with van der Waals surface area (Å²) in [5.74, 6) is -0.509. The highest BCUT2D eigenvalue weighted by atomic mass is 35.5. The number of rotatable bonds is 4. The molecule has 0 heterocycles. The maximum atomic E-state index is 13.4. The van der Waals surface area contributed by atoms with E-state index in [-0.39, 0.29) is 5.56 Å². The molecule has 2 nitrogen and oxygen atoms in total. The molecular formula is C11H14ClFO2. The smallest absolute Gasteiger partial charge is 0.130 e. The Balaban J connectivity index is 2.94. The van der Waals surface area contributed by atoms with Crippen molar-refractivity contribution in [2.45, 2.75) is 25.6 Å². The number of aliphatic hydroxyl groups is 1. The summed E-state index contributed by atoms with van der Waals surface area (Å²) in [4.78, 5) is 0. The van der Waals surface area contributed by atoms with Gasteiger partial charge < -0.3 is 9.84 Å². The van der Waals surface area contributed by atoms with Crippen molar-refractivity contribution >= 4 is 11.6 Å². The molecule has 15 heavy (non-hydrogen) atoms. The normalized spacial score (nSPS) is 15.0. The van der Waals surface area contributed by atoms with E-state index in [1.54, 1.807) is 6.07 Å². The highest BCUT2D eigenvalue weighted by Crippen LogP contribution is 2.25. The molecule has 1 rings (SSSR count). The lowest BCUT2D eigenvalue weighted by atomic mass is 10.0. The molecule has 0 aromatic heterocycles. The van der Waals surface area contributed by atoms with Crippen LogP contribution in [0.5, 0.6) is 0 Å². The van der Waals surface area contributed by atoms with Crippen molar-refractivity contribution in [2.24, 2.45) is 0 Å². The quantitative estimate of drug-likeness (QED) is 0.865. The predicted octanol–water partition coefficient (Wildman–Crippen LogP) is 2.94. The number of hydrogen-bond donors (Lipinski definition) is 1. The van der Waals surface area contributed by atoms with Crippen LogP contribution in [0.1, 0.15) is 25.0 Å². The Kier molecular flexibility index (Phi) is 4.51. The van der Waals surface area contributed by atoms with Crippen LogP contribution >= 0.6 is 11.6 Å². The highest BCUT2D eigenvalue weighted by molar-refractivity contribution is 6.30. The predicted molar refractivity (Wildman–Crippen MR) is 57.5 cm³/mol. The molecule has 0 saturated heterocycles. The third-order valence-electron chi connectivity index (χ3n) is 2.34. The molecule has 1 aromatic carbocycles. The van der Waals surface area contributed by atoms with Crippen molar-refractivity contribution < 1.29 is 14.2 Å². The summed E-state index contributed by atoms with van der Waals surface area (Å²) < 4.78 is 18.5. The third kappa shape index (κ3) is 2.91. The Morgan fingerprint density at radius 3 is 2.67 bits per heavy atom. The van der Waals surface area contributed by atoms with Crippen LogP contribution in [0.3, 0.4) is 0 Å². The zero-order valence-corrected chi connectivity index (χ0v) is 9.46. The number of benzene rings is 1. The molecule has 4 heteroatoms. The van der Waals surface area contributed by atoms with E-state index in [1.807, 2.05) is 6.92 Å². The van der Waals surface area contributed by atoms with Crippen molar-refractivity contribution in [3.63, 3.8) is 0 Å². The van der Waals surface area contributed by atoms with Crippen molar-refractivity contribution in [1.29, 1.82) is 0 Å². The lowest BCUT2D eigenvalue weighted by Gasteiger charge is -2.20. The SMILES string of the molecule is CCC(OC)C(O)c1ccc(Cl)cc1F. The number of ether oxygens (including phenoxy) is 1. The first-order valence-electron chi connectivity index (χ1n) is 4.76. The second-order valence-corrected chi connectivity index (χ2v) is 3.73. The first-order valence-corrected chi connectivity index (χ1v) is 5.13. The van der Waals surface area contributed by atoms with Gasteiger partial charge in [0.25, 0.3) is 0 Å². The van der Waals surface area contributed by atoms with E-state index in [4.69, 9.17) is 16.3 Å². The summed E-state index contributed by atoms with van der Waals surface area (Å²) in [7, 11) is 1.49. The topological polar surface area (TPSA) is 29.5 Å². The van der Waals surface area contributed by atoms with Gasteiger partial charge >= 0.3 is 0 Å². The molecule has 0 fully saturated rings. The summed E-state index contributed by atoms with van der Waals surface area (Å²) in [6.07, 6.45) is -0.752. The Morgan fingerprint density at radius 2 is 2.20 bits per heavy atom. The van der Waals surface area contributed by atoms with Crippen molar-refractivity contribution in [2.75, 3.05) is 7.11 Å². The molecule has 2 atom stereocenters. The van der Waals surface area contributed by atoms with Gasteiger partial charge in [-0.05, 0) is 18.6 Å². The van der Waals surface area contributed by atoms with Gasteiger partial charge in [-0.15, -0.1) is 0 Å². The van der Waals surface area contributed by atoms with Gasteiger partial charge in [0.1, 0.15) is 11.9 Å². The van der Waals surface area contributed by atoms with Crippen molar-refractivity contribution in [3.05, 3.63) is 34.6 Å². The van der Waals surface area contributed by atoms with E-state index in [2.05, 4.69) is 0 Å². The Hall–Kier alpha value is -0.640. The number of hydrogen-bond acceptors (Lipinski definition) is 2. The lowest BCUT2D eigenvalue weighted by molar-refractivity contribution is -0.0164. The highest BCUT2D eigenvalue weighted by Gasteiger charge is 2.21. The van der Waals surface area contributed by atoms with Crippen LogP contribution in [-0.2, 0) is 4.74 Å². The van der Waals surface area contributed by atoms with Gasteiger partial charge in [0, 0.05) is 17.7 Å². The van der Waals surface area contributed by atoms with Gasteiger partial charge in [0.15, 0.2) is 0 Å². The molecule has 0 aliphatic carbocycles. The van der Waals surface area contributed by atoms with Gasteiger partial charge in [-0.3, -0.25) is 0 Å². The monoisotopic (exact) mass is 232 g/mol. The molecule has 0 spiro atoms. The maximum Gasteiger partial charge on any atom is 0.130 e. The first-order chi connectivity index (χ1) is 7.10. The molecule has 1 N–H and O–H groups in total. The maximum absolute atomic E-state index is 13.4.